The van der Waals surface area contributed by atoms with E-state index in [0.29, 0.717) is 0 Å². The van der Waals surface area contributed by atoms with Crippen LogP contribution in [0.4, 0.5) is 18.9 Å². The van der Waals surface area contributed by atoms with Crippen molar-refractivity contribution in [2.75, 3.05) is 25.2 Å². The van der Waals surface area contributed by atoms with Gasteiger partial charge in [0.05, 0.1) is 31.2 Å². The first-order chi connectivity index (χ1) is 12.7. The highest BCUT2D eigenvalue weighted by molar-refractivity contribution is 7.99. The van der Waals surface area contributed by atoms with Crippen LogP contribution in [0.25, 0.3) is 0 Å². The lowest BCUT2D eigenvalue weighted by Gasteiger charge is -2.19. The molecule has 0 aliphatic heterocycles. The highest BCUT2D eigenvalue weighted by Crippen LogP contribution is 2.39. The van der Waals surface area contributed by atoms with Crippen molar-refractivity contribution in [2.24, 2.45) is 0 Å². The number of ether oxygens (including phenoxy) is 2. The van der Waals surface area contributed by atoms with E-state index in [1.165, 1.54) is 32.4 Å². The summed E-state index contributed by atoms with van der Waals surface area (Å²) in [5, 5.41) is -0.792. The monoisotopic (exact) mass is 423 g/mol. The van der Waals surface area contributed by atoms with E-state index in [1.807, 2.05) is 0 Å². The van der Waals surface area contributed by atoms with Crippen molar-refractivity contribution < 1.29 is 31.1 Å². The van der Waals surface area contributed by atoms with E-state index in [-0.39, 0.29) is 23.1 Å². The smallest absolute Gasteiger partial charge is 0.355 e. The summed E-state index contributed by atoms with van der Waals surface area (Å²) in [7, 11) is -2.31. The van der Waals surface area contributed by atoms with Crippen molar-refractivity contribution in [1.29, 1.82) is 0 Å². The molecule has 0 saturated carbocycles. The van der Waals surface area contributed by atoms with E-state index in [9.17, 15) is 21.6 Å². The van der Waals surface area contributed by atoms with Crippen LogP contribution in [-0.4, -0.2) is 44.6 Å². The van der Waals surface area contributed by atoms with Crippen molar-refractivity contribution in [3.63, 3.8) is 0 Å². The van der Waals surface area contributed by atoms with Crippen LogP contribution in [-0.2, 0) is 10.0 Å². The minimum absolute atomic E-state index is 0.0713. The average molecular weight is 423 g/mol. The van der Waals surface area contributed by atoms with Gasteiger partial charge in [-0.25, -0.2) is 12.8 Å². The molecule has 2 aromatic rings. The van der Waals surface area contributed by atoms with Gasteiger partial charge in [0.1, 0.15) is 5.82 Å². The number of halogens is 3. The first kappa shape index (κ1) is 21.1. The number of methoxy groups -OCH3 is 2. The summed E-state index contributed by atoms with van der Waals surface area (Å²) in [6, 6.07) is 5.10. The highest BCUT2D eigenvalue weighted by Gasteiger charge is 2.29. The number of nitrogens with zero attached hydrogens (tertiary/aromatic N) is 2. The maximum atomic E-state index is 14.3. The standard InChI is InChI=1S/C15H16F3N3O4S2/c1-24-10-7-11(25-2)20-14(19-10)13(26-3)8-5-4-6-9(16)12(8)21-27(22,23)15(17)18/h4-7,13,15,21H,1-3H3. The molecular weight excluding hydrogens is 407 g/mol. The summed E-state index contributed by atoms with van der Waals surface area (Å²) in [6.45, 7) is 0. The molecule has 0 bridgehead atoms. The molecule has 2 rings (SSSR count). The van der Waals surface area contributed by atoms with Crippen molar-refractivity contribution in [1.82, 2.24) is 9.97 Å². The first-order valence-corrected chi connectivity index (χ1v) is 10.1. The third-order valence-corrected chi connectivity index (χ3v) is 5.29. The number of rotatable bonds is 8. The Morgan fingerprint density at radius 1 is 1.15 bits per heavy atom. The lowest BCUT2D eigenvalue weighted by atomic mass is 10.1. The average Bonchev–Trinajstić information content (AvgIpc) is 2.64. The van der Waals surface area contributed by atoms with Crippen molar-refractivity contribution in [3.05, 3.63) is 41.5 Å². The van der Waals surface area contributed by atoms with Crippen molar-refractivity contribution in [2.45, 2.75) is 11.0 Å². The van der Waals surface area contributed by atoms with Gasteiger partial charge in [-0.1, -0.05) is 12.1 Å². The van der Waals surface area contributed by atoms with Gasteiger partial charge < -0.3 is 9.47 Å². The van der Waals surface area contributed by atoms with Gasteiger partial charge in [0.25, 0.3) is 10.0 Å². The Morgan fingerprint density at radius 3 is 2.22 bits per heavy atom. The molecule has 12 heteroatoms. The van der Waals surface area contributed by atoms with Crippen LogP contribution in [0.3, 0.4) is 0 Å². The van der Waals surface area contributed by atoms with Crippen LogP contribution in [0.2, 0.25) is 0 Å². The van der Waals surface area contributed by atoms with Crippen LogP contribution >= 0.6 is 11.8 Å². The number of anilines is 1. The molecule has 0 aliphatic rings. The lowest BCUT2D eigenvalue weighted by Crippen LogP contribution is -2.22. The van der Waals surface area contributed by atoms with Crippen LogP contribution in [0.15, 0.2) is 24.3 Å². The summed E-state index contributed by atoms with van der Waals surface area (Å²) < 4.78 is 74.6. The fourth-order valence-corrected chi connectivity index (χ4v) is 3.53. The fraction of sp³-hybridized carbons (Fsp3) is 0.333. The summed E-state index contributed by atoms with van der Waals surface area (Å²) in [4.78, 5) is 8.34. The molecule has 1 aromatic heterocycles. The Balaban J connectivity index is 2.60. The summed E-state index contributed by atoms with van der Waals surface area (Å²) in [5.41, 5.74) is -0.524. The second-order valence-electron chi connectivity index (χ2n) is 5.04. The van der Waals surface area contributed by atoms with Gasteiger partial charge in [-0.3, -0.25) is 4.72 Å². The SMILES string of the molecule is COc1cc(OC)nc(C(SC)c2cccc(F)c2NS(=O)(=O)C(F)F)n1. The lowest BCUT2D eigenvalue weighted by molar-refractivity contribution is 0.236. The number of sulfonamides is 1. The predicted molar refractivity (Wildman–Crippen MR) is 95.4 cm³/mol. The summed E-state index contributed by atoms with van der Waals surface area (Å²) in [6.07, 6.45) is 1.65. The van der Waals surface area contributed by atoms with Gasteiger partial charge in [-0.2, -0.15) is 18.7 Å². The van der Waals surface area contributed by atoms with E-state index in [4.69, 9.17) is 9.47 Å². The Bertz CT molecular complexity index is 891. The maximum absolute atomic E-state index is 14.3. The number of hydrogen-bond donors (Lipinski definition) is 1. The molecule has 0 aliphatic carbocycles. The number of hydrogen-bond acceptors (Lipinski definition) is 7. The van der Waals surface area contributed by atoms with Gasteiger partial charge in [-0.15, -0.1) is 11.8 Å². The molecule has 1 N–H and O–H groups in total. The van der Waals surface area contributed by atoms with Crippen LogP contribution in [0.5, 0.6) is 11.8 Å². The Labute approximate surface area is 158 Å². The Morgan fingerprint density at radius 2 is 1.74 bits per heavy atom. The molecule has 0 saturated heterocycles. The van der Waals surface area contributed by atoms with E-state index in [0.717, 1.165) is 17.8 Å². The molecule has 148 valence electrons. The van der Waals surface area contributed by atoms with Gasteiger partial charge in [0.2, 0.25) is 11.8 Å². The molecule has 0 spiro atoms. The van der Waals surface area contributed by atoms with Gasteiger partial charge >= 0.3 is 5.76 Å². The number of nitrogens with one attached hydrogen (secondary N) is 1. The van der Waals surface area contributed by atoms with Gasteiger partial charge in [0, 0.05) is 0 Å². The molecule has 1 unspecified atom stereocenters. The zero-order valence-electron chi connectivity index (χ0n) is 14.4. The first-order valence-electron chi connectivity index (χ1n) is 7.31. The van der Waals surface area contributed by atoms with Crippen molar-refractivity contribution >= 4 is 27.5 Å². The van der Waals surface area contributed by atoms with Crippen LogP contribution < -0.4 is 14.2 Å². The highest BCUT2D eigenvalue weighted by atomic mass is 32.2. The number of thioether (sulfide) groups is 1. The van der Waals surface area contributed by atoms with Crippen molar-refractivity contribution in [3.8, 4) is 11.8 Å². The van der Waals surface area contributed by atoms with Crippen LogP contribution in [0, 0.1) is 5.82 Å². The molecule has 0 radical (unpaired) electrons. The predicted octanol–water partition coefficient (Wildman–Crippen LogP) is 3.05. The quantitative estimate of drug-likeness (QED) is 0.698. The van der Waals surface area contributed by atoms with E-state index in [1.54, 1.807) is 11.0 Å². The molecule has 1 heterocycles. The molecule has 27 heavy (non-hydrogen) atoms. The number of para-hydroxylation sites is 1. The van der Waals surface area contributed by atoms with E-state index < -0.39 is 32.5 Å². The zero-order chi connectivity index (χ0) is 20.2. The van der Waals surface area contributed by atoms with E-state index >= 15 is 0 Å². The Kier molecular flexibility index (Phi) is 6.76. The summed E-state index contributed by atoms with van der Waals surface area (Å²) >= 11 is 1.15. The molecule has 7 nitrogen and oxygen atoms in total. The number of benzene rings is 1. The molecule has 1 aromatic carbocycles. The third-order valence-electron chi connectivity index (χ3n) is 3.39. The van der Waals surface area contributed by atoms with E-state index in [2.05, 4.69) is 9.97 Å². The molecule has 1 atom stereocenters. The second kappa shape index (κ2) is 8.65. The number of alkyl halides is 2. The van der Waals surface area contributed by atoms with Crippen LogP contribution in [0.1, 0.15) is 16.6 Å². The normalized spacial score (nSPS) is 12.7. The van der Waals surface area contributed by atoms with Gasteiger partial charge in [-0.05, 0) is 17.9 Å². The zero-order valence-corrected chi connectivity index (χ0v) is 16.1. The van der Waals surface area contributed by atoms with Gasteiger partial charge in [0.15, 0.2) is 5.82 Å². The maximum Gasteiger partial charge on any atom is 0.355 e. The third kappa shape index (κ3) is 4.75. The molecule has 0 amide bonds. The fourth-order valence-electron chi connectivity index (χ4n) is 2.17. The minimum atomic E-state index is -5.07. The second-order valence-corrected chi connectivity index (χ2v) is 7.63. The molecule has 0 fully saturated rings. The Hall–Kier alpha value is -2.21. The number of aromatic nitrogens is 2. The summed E-state index contributed by atoms with van der Waals surface area (Å²) in [5.74, 6) is -4.26. The topological polar surface area (TPSA) is 90.4 Å². The largest absolute Gasteiger partial charge is 0.481 e. The molecular formula is C15H16F3N3O4S2. The minimum Gasteiger partial charge on any atom is -0.481 e.